The van der Waals surface area contributed by atoms with Gasteiger partial charge < -0.3 is 10.2 Å². The van der Waals surface area contributed by atoms with Gasteiger partial charge in [-0.3, -0.25) is 4.79 Å². The van der Waals surface area contributed by atoms with Crippen LogP contribution < -0.4 is 5.32 Å². The third-order valence-electron chi connectivity index (χ3n) is 3.58. The molecular weight excluding hydrogens is 224 g/mol. The van der Waals surface area contributed by atoms with Gasteiger partial charge in [-0.2, -0.15) is 0 Å². The highest BCUT2D eigenvalue weighted by Crippen LogP contribution is 2.20. The van der Waals surface area contributed by atoms with Gasteiger partial charge in [0.25, 0.3) is 0 Å². The summed E-state index contributed by atoms with van der Waals surface area (Å²) in [6.45, 7) is 13.5. The fraction of sp³-hybridized carbons (Fsp3) is 0.933. The molecule has 0 unspecified atom stereocenters. The summed E-state index contributed by atoms with van der Waals surface area (Å²) in [4.78, 5) is 14.2. The first-order valence-electron chi connectivity index (χ1n) is 7.33. The molecule has 0 bridgehead atoms. The van der Waals surface area contributed by atoms with Crippen LogP contribution in [0.25, 0.3) is 0 Å². The van der Waals surface area contributed by atoms with Crippen molar-refractivity contribution >= 4 is 5.91 Å². The molecule has 0 saturated carbocycles. The predicted octanol–water partition coefficient (Wildman–Crippen LogP) is 2.66. The minimum atomic E-state index is -0.238. The molecule has 3 heteroatoms. The molecule has 106 valence electrons. The maximum absolute atomic E-state index is 12.1. The molecule has 0 aromatic heterocycles. The van der Waals surface area contributed by atoms with Crippen LogP contribution in [0.2, 0.25) is 0 Å². The molecule has 0 aromatic rings. The van der Waals surface area contributed by atoms with Crippen molar-refractivity contribution in [1.82, 2.24) is 10.2 Å². The Kier molecular flexibility index (Phi) is 5.64. The van der Waals surface area contributed by atoms with Gasteiger partial charge in [0.05, 0.1) is 0 Å². The van der Waals surface area contributed by atoms with Crippen LogP contribution in [0.15, 0.2) is 0 Å². The van der Waals surface area contributed by atoms with E-state index in [0.717, 1.165) is 38.4 Å². The second-order valence-electron chi connectivity index (χ2n) is 6.95. The van der Waals surface area contributed by atoms with Gasteiger partial charge in [-0.1, -0.05) is 34.6 Å². The summed E-state index contributed by atoms with van der Waals surface area (Å²) < 4.78 is 0. The Balaban J connectivity index is 2.27. The normalized spacial score (nSPS) is 18.4. The lowest BCUT2D eigenvalue weighted by molar-refractivity contribution is -0.140. The smallest absolute Gasteiger partial charge is 0.227 e. The summed E-state index contributed by atoms with van der Waals surface area (Å²) in [5, 5.41) is 3.61. The van der Waals surface area contributed by atoms with E-state index in [1.807, 2.05) is 25.7 Å². The maximum atomic E-state index is 12.1. The molecular formula is C15H30N2O. The van der Waals surface area contributed by atoms with Crippen molar-refractivity contribution in [2.45, 2.75) is 59.9 Å². The topological polar surface area (TPSA) is 32.3 Å². The molecule has 0 spiro atoms. The molecule has 0 aromatic carbocycles. The van der Waals surface area contributed by atoms with Crippen molar-refractivity contribution in [2.24, 2.45) is 11.3 Å². The van der Waals surface area contributed by atoms with Gasteiger partial charge in [-0.25, -0.2) is 0 Å². The molecule has 3 nitrogen and oxygen atoms in total. The second-order valence-corrected chi connectivity index (χ2v) is 6.95. The number of carbonyl (C=O) groups excluding carboxylic acids is 1. The highest BCUT2D eigenvalue weighted by atomic mass is 16.2. The van der Waals surface area contributed by atoms with E-state index >= 15 is 0 Å². The Morgan fingerprint density at radius 2 is 1.83 bits per heavy atom. The van der Waals surface area contributed by atoms with Gasteiger partial charge in [0, 0.05) is 24.5 Å². The first kappa shape index (κ1) is 15.5. The largest absolute Gasteiger partial charge is 0.342 e. The van der Waals surface area contributed by atoms with Crippen LogP contribution in [0.3, 0.4) is 0 Å². The molecule has 1 rings (SSSR count). The van der Waals surface area contributed by atoms with Gasteiger partial charge in [0.1, 0.15) is 0 Å². The van der Waals surface area contributed by atoms with Crippen LogP contribution in [-0.2, 0) is 4.79 Å². The SMILES string of the molecule is CC(C)CCNC1CCN(C(=O)C(C)(C)C)CC1. The number of amides is 1. The fourth-order valence-electron chi connectivity index (χ4n) is 2.34. The van der Waals surface area contributed by atoms with E-state index in [4.69, 9.17) is 0 Å². The van der Waals surface area contributed by atoms with E-state index in [1.165, 1.54) is 6.42 Å². The molecule has 0 radical (unpaired) electrons. The Morgan fingerprint density at radius 1 is 1.28 bits per heavy atom. The third-order valence-corrected chi connectivity index (χ3v) is 3.58. The molecule has 0 atom stereocenters. The van der Waals surface area contributed by atoms with Crippen LogP contribution in [0.5, 0.6) is 0 Å². The number of nitrogens with zero attached hydrogens (tertiary/aromatic N) is 1. The fourth-order valence-corrected chi connectivity index (χ4v) is 2.34. The van der Waals surface area contributed by atoms with Crippen molar-refractivity contribution in [1.29, 1.82) is 0 Å². The zero-order valence-corrected chi connectivity index (χ0v) is 12.8. The van der Waals surface area contributed by atoms with Gasteiger partial charge in [0.2, 0.25) is 5.91 Å². The maximum Gasteiger partial charge on any atom is 0.227 e. The first-order valence-corrected chi connectivity index (χ1v) is 7.33. The van der Waals surface area contributed by atoms with Crippen molar-refractivity contribution in [3.05, 3.63) is 0 Å². The minimum Gasteiger partial charge on any atom is -0.342 e. The van der Waals surface area contributed by atoms with E-state index in [9.17, 15) is 4.79 Å². The van der Waals surface area contributed by atoms with E-state index in [2.05, 4.69) is 19.2 Å². The summed E-state index contributed by atoms with van der Waals surface area (Å²) in [6, 6.07) is 0.604. The van der Waals surface area contributed by atoms with Gasteiger partial charge in [0.15, 0.2) is 0 Å². The highest BCUT2D eigenvalue weighted by molar-refractivity contribution is 5.81. The number of hydrogen-bond acceptors (Lipinski definition) is 2. The average molecular weight is 254 g/mol. The van der Waals surface area contributed by atoms with Crippen molar-refractivity contribution in [3.8, 4) is 0 Å². The highest BCUT2D eigenvalue weighted by Gasteiger charge is 2.29. The summed E-state index contributed by atoms with van der Waals surface area (Å²) in [7, 11) is 0. The Morgan fingerprint density at radius 3 is 2.28 bits per heavy atom. The van der Waals surface area contributed by atoms with Crippen LogP contribution in [0.4, 0.5) is 0 Å². The van der Waals surface area contributed by atoms with Crippen molar-refractivity contribution < 1.29 is 4.79 Å². The molecule has 18 heavy (non-hydrogen) atoms. The minimum absolute atomic E-state index is 0.238. The Hall–Kier alpha value is -0.570. The molecule has 1 saturated heterocycles. The van der Waals surface area contributed by atoms with Crippen LogP contribution in [0.1, 0.15) is 53.9 Å². The molecule has 0 aliphatic carbocycles. The summed E-state index contributed by atoms with van der Waals surface area (Å²) >= 11 is 0. The Labute approximate surface area is 112 Å². The van der Waals surface area contributed by atoms with Gasteiger partial charge in [-0.15, -0.1) is 0 Å². The molecule has 1 aliphatic heterocycles. The van der Waals surface area contributed by atoms with Crippen molar-refractivity contribution in [2.75, 3.05) is 19.6 Å². The lowest BCUT2D eigenvalue weighted by Crippen LogP contribution is -2.48. The number of rotatable bonds is 4. The predicted molar refractivity (Wildman–Crippen MR) is 76.5 cm³/mol. The molecule has 1 fully saturated rings. The molecule has 1 N–H and O–H groups in total. The zero-order valence-electron chi connectivity index (χ0n) is 12.8. The molecule has 1 heterocycles. The second kappa shape index (κ2) is 6.55. The number of piperidine rings is 1. The number of carbonyl (C=O) groups is 1. The van der Waals surface area contributed by atoms with Crippen LogP contribution in [-0.4, -0.2) is 36.5 Å². The molecule has 1 amide bonds. The average Bonchev–Trinajstić information content (AvgIpc) is 2.27. The lowest BCUT2D eigenvalue weighted by Gasteiger charge is -2.36. The number of nitrogens with one attached hydrogen (secondary N) is 1. The van der Waals surface area contributed by atoms with E-state index < -0.39 is 0 Å². The monoisotopic (exact) mass is 254 g/mol. The van der Waals surface area contributed by atoms with E-state index in [1.54, 1.807) is 0 Å². The van der Waals surface area contributed by atoms with Gasteiger partial charge >= 0.3 is 0 Å². The lowest BCUT2D eigenvalue weighted by atomic mass is 9.93. The Bertz CT molecular complexity index is 260. The summed E-state index contributed by atoms with van der Waals surface area (Å²) in [6.07, 6.45) is 3.43. The van der Waals surface area contributed by atoms with E-state index in [0.29, 0.717) is 11.9 Å². The quantitative estimate of drug-likeness (QED) is 0.836. The number of likely N-dealkylation sites (tertiary alicyclic amines) is 1. The third kappa shape index (κ3) is 4.97. The summed E-state index contributed by atoms with van der Waals surface area (Å²) in [5.41, 5.74) is -0.238. The van der Waals surface area contributed by atoms with E-state index in [-0.39, 0.29) is 5.41 Å². The van der Waals surface area contributed by atoms with Crippen molar-refractivity contribution in [3.63, 3.8) is 0 Å². The van der Waals surface area contributed by atoms with Crippen LogP contribution in [0, 0.1) is 11.3 Å². The molecule has 1 aliphatic rings. The standard InChI is InChI=1S/C15H30N2O/c1-12(2)6-9-16-13-7-10-17(11-8-13)14(18)15(3,4)5/h12-13,16H,6-11H2,1-5H3. The number of hydrogen-bond donors (Lipinski definition) is 1. The summed E-state index contributed by atoms with van der Waals surface area (Å²) in [5.74, 6) is 1.06. The van der Waals surface area contributed by atoms with Crippen LogP contribution >= 0.6 is 0 Å². The first-order chi connectivity index (χ1) is 8.30. The van der Waals surface area contributed by atoms with Gasteiger partial charge in [-0.05, 0) is 31.7 Å². The zero-order chi connectivity index (χ0) is 13.8.